The predicted octanol–water partition coefficient (Wildman–Crippen LogP) is 1.23. The van der Waals surface area contributed by atoms with Crippen molar-refractivity contribution in [2.45, 2.75) is 6.92 Å². The monoisotopic (exact) mass is 190 g/mol. The van der Waals surface area contributed by atoms with Gasteiger partial charge in [-0.15, -0.1) is 0 Å². The molecule has 0 unspecified atom stereocenters. The second kappa shape index (κ2) is 4.32. The SMILES string of the molecule is CC(=O)C(=N)C(=O)Nc1ccccc1. The molecule has 1 aromatic rings. The van der Waals surface area contributed by atoms with Crippen molar-refractivity contribution in [2.75, 3.05) is 5.32 Å². The zero-order valence-corrected chi connectivity index (χ0v) is 7.70. The molecule has 14 heavy (non-hydrogen) atoms. The molecule has 0 aliphatic carbocycles. The molecule has 0 aliphatic heterocycles. The maximum Gasteiger partial charge on any atom is 0.277 e. The topological polar surface area (TPSA) is 70.0 Å². The molecule has 4 nitrogen and oxygen atoms in total. The van der Waals surface area contributed by atoms with Crippen molar-refractivity contribution in [2.24, 2.45) is 0 Å². The van der Waals surface area contributed by atoms with Gasteiger partial charge in [-0.3, -0.25) is 15.0 Å². The molecule has 0 radical (unpaired) electrons. The van der Waals surface area contributed by atoms with Gasteiger partial charge in [0.05, 0.1) is 0 Å². The van der Waals surface area contributed by atoms with Crippen LogP contribution in [0.15, 0.2) is 30.3 Å². The maximum atomic E-state index is 11.2. The number of rotatable bonds is 3. The van der Waals surface area contributed by atoms with Gasteiger partial charge in [0.1, 0.15) is 0 Å². The van der Waals surface area contributed by atoms with Crippen LogP contribution in [0.2, 0.25) is 0 Å². The molecule has 0 aromatic heterocycles. The number of para-hydroxylation sites is 1. The average Bonchev–Trinajstić information content (AvgIpc) is 2.18. The Bertz CT molecular complexity index is 371. The first-order valence-electron chi connectivity index (χ1n) is 4.07. The summed E-state index contributed by atoms with van der Waals surface area (Å²) in [6, 6.07) is 8.70. The molecule has 1 amide bonds. The van der Waals surface area contributed by atoms with E-state index in [2.05, 4.69) is 5.32 Å². The van der Waals surface area contributed by atoms with E-state index in [0.29, 0.717) is 5.69 Å². The Morgan fingerprint density at radius 2 is 1.79 bits per heavy atom. The largest absolute Gasteiger partial charge is 0.321 e. The first-order chi connectivity index (χ1) is 6.61. The smallest absolute Gasteiger partial charge is 0.277 e. The fourth-order valence-electron chi connectivity index (χ4n) is 0.875. The molecule has 0 spiro atoms. The van der Waals surface area contributed by atoms with E-state index in [0.717, 1.165) is 0 Å². The average molecular weight is 190 g/mol. The van der Waals surface area contributed by atoms with Gasteiger partial charge in [-0.25, -0.2) is 0 Å². The van der Waals surface area contributed by atoms with Gasteiger partial charge in [0.2, 0.25) is 0 Å². The Balaban J connectivity index is 2.67. The van der Waals surface area contributed by atoms with Crippen LogP contribution in [0.1, 0.15) is 6.92 Å². The van der Waals surface area contributed by atoms with E-state index in [1.165, 1.54) is 6.92 Å². The third-order valence-electron chi connectivity index (χ3n) is 1.61. The second-order valence-electron chi connectivity index (χ2n) is 2.75. The molecule has 0 saturated carbocycles. The molecule has 2 N–H and O–H groups in total. The number of hydrogen-bond donors (Lipinski definition) is 2. The Morgan fingerprint density at radius 1 is 1.21 bits per heavy atom. The van der Waals surface area contributed by atoms with Crippen LogP contribution in [-0.4, -0.2) is 17.4 Å². The molecule has 1 rings (SSSR count). The van der Waals surface area contributed by atoms with Gasteiger partial charge in [-0.2, -0.15) is 0 Å². The van der Waals surface area contributed by atoms with Gasteiger partial charge in [0, 0.05) is 12.6 Å². The minimum absolute atomic E-state index is 0.533. The highest BCUT2D eigenvalue weighted by atomic mass is 16.2. The molecule has 72 valence electrons. The van der Waals surface area contributed by atoms with Gasteiger partial charge in [-0.05, 0) is 12.1 Å². The molecule has 0 aliphatic rings. The highest BCUT2D eigenvalue weighted by Gasteiger charge is 2.13. The minimum atomic E-state index is -0.677. The van der Waals surface area contributed by atoms with E-state index >= 15 is 0 Å². The van der Waals surface area contributed by atoms with E-state index in [-0.39, 0.29) is 0 Å². The number of nitrogens with one attached hydrogen (secondary N) is 2. The number of hydrogen-bond acceptors (Lipinski definition) is 3. The van der Waals surface area contributed by atoms with Crippen LogP contribution in [0, 0.1) is 5.41 Å². The van der Waals surface area contributed by atoms with E-state index < -0.39 is 17.4 Å². The van der Waals surface area contributed by atoms with E-state index in [4.69, 9.17) is 5.41 Å². The standard InChI is InChI=1S/C10H10N2O2/c1-7(13)9(11)10(14)12-8-5-3-2-4-6-8/h2-6,11H,1H3,(H,12,14). The number of ketones is 1. The summed E-state index contributed by atoms with van der Waals surface area (Å²) in [7, 11) is 0. The van der Waals surface area contributed by atoms with E-state index in [9.17, 15) is 9.59 Å². The normalized spacial score (nSPS) is 9.21. The molecule has 0 bridgehead atoms. The molecule has 0 atom stereocenters. The molecular formula is C10H10N2O2. The van der Waals surface area contributed by atoms with Crippen LogP contribution in [0.5, 0.6) is 0 Å². The molecule has 0 fully saturated rings. The van der Waals surface area contributed by atoms with Gasteiger partial charge < -0.3 is 5.32 Å². The first kappa shape index (κ1) is 10.1. The lowest BCUT2D eigenvalue weighted by Gasteiger charge is -2.02. The van der Waals surface area contributed by atoms with E-state index in [1.54, 1.807) is 24.3 Å². The number of carbonyl (C=O) groups is 2. The number of Topliss-reactive ketones (excluding diaryl/α,β-unsaturated/α-hetero) is 1. The zero-order chi connectivity index (χ0) is 10.6. The Kier molecular flexibility index (Phi) is 3.12. The lowest BCUT2D eigenvalue weighted by Crippen LogP contribution is -2.27. The molecule has 1 aromatic carbocycles. The summed E-state index contributed by atoms with van der Waals surface area (Å²) in [6.07, 6.45) is 0. The van der Waals surface area contributed by atoms with Crippen LogP contribution in [0.4, 0.5) is 5.69 Å². The van der Waals surface area contributed by atoms with Crippen LogP contribution >= 0.6 is 0 Å². The Labute approximate surface area is 81.4 Å². The predicted molar refractivity (Wildman–Crippen MR) is 53.5 cm³/mol. The quantitative estimate of drug-likeness (QED) is 0.556. The summed E-state index contributed by atoms with van der Waals surface area (Å²) in [4.78, 5) is 21.9. The fraction of sp³-hybridized carbons (Fsp3) is 0.100. The molecular weight excluding hydrogens is 180 g/mol. The lowest BCUT2D eigenvalue weighted by molar-refractivity contribution is -0.114. The lowest BCUT2D eigenvalue weighted by atomic mass is 10.2. The van der Waals surface area contributed by atoms with Crippen molar-refractivity contribution < 1.29 is 9.59 Å². The van der Waals surface area contributed by atoms with Crippen LogP contribution in [0.25, 0.3) is 0 Å². The number of anilines is 1. The Morgan fingerprint density at radius 3 is 2.29 bits per heavy atom. The summed E-state index contributed by atoms with van der Waals surface area (Å²) in [5, 5.41) is 9.58. The maximum absolute atomic E-state index is 11.2. The van der Waals surface area contributed by atoms with Gasteiger partial charge in [0.25, 0.3) is 5.91 Å². The number of carbonyl (C=O) groups excluding carboxylic acids is 2. The van der Waals surface area contributed by atoms with Crippen molar-refractivity contribution in [3.05, 3.63) is 30.3 Å². The van der Waals surface area contributed by atoms with Gasteiger partial charge >= 0.3 is 0 Å². The number of amides is 1. The summed E-state index contributed by atoms with van der Waals surface area (Å²) < 4.78 is 0. The molecule has 4 heteroatoms. The van der Waals surface area contributed by atoms with Crippen LogP contribution < -0.4 is 5.32 Å². The third-order valence-corrected chi connectivity index (χ3v) is 1.61. The van der Waals surface area contributed by atoms with Gasteiger partial charge in [-0.1, -0.05) is 18.2 Å². The van der Waals surface area contributed by atoms with Crippen molar-refractivity contribution in [1.29, 1.82) is 5.41 Å². The van der Waals surface area contributed by atoms with Crippen molar-refractivity contribution >= 4 is 23.1 Å². The summed E-state index contributed by atoms with van der Waals surface area (Å²) in [5.74, 6) is -1.22. The highest BCUT2D eigenvalue weighted by Crippen LogP contribution is 2.04. The van der Waals surface area contributed by atoms with Crippen molar-refractivity contribution in [3.63, 3.8) is 0 Å². The zero-order valence-electron chi connectivity index (χ0n) is 7.70. The minimum Gasteiger partial charge on any atom is -0.321 e. The van der Waals surface area contributed by atoms with E-state index in [1.807, 2.05) is 6.07 Å². The molecule has 0 saturated heterocycles. The first-order valence-corrected chi connectivity index (χ1v) is 4.07. The molecule has 0 heterocycles. The van der Waals surface area contributed by atoms with Crippen molar-refractivity contribution in [3.8, 4) is 0 Å². The summed E-state index contributed by atoms with van der Waals surface area (Å²) in [5.41, 5.74) is 0.0392. The Hall–Kier alpha value is -1.97. The van der Waals surface area contributed by atoms with Gasteiger partial charge in [0.15, 0.2) is 11.5 Å². The third kappa shape index (κ3) is 2.52. The fourth-order valence-corrected chi connectivity index (χ4v) is 0.875. The summed E-state index contributed by atoms with van der Waals surface area (Å²) in [6.45, 7) is 1.19. The number of benzene rings is 1. The second-order valence-corrected chi connectivity index (χ2v) is 2.75. The summed E-state index contributed by atoms with van der Waals surface area (Å²) >= 11 is 0. The van der Waals surface area contributed by atoms with Crippen LogP contribution in [-0.2, 0) is 9.59 Å². The van der Waals surface area contributed by atoms with Crippen LogP contribution in [0.3, 0.4) is 0 Å². The van der Waals surface area contributed by atoms with Crippen molar-refractivity contribution in [1.82, 2.24) is 0 Å². The highest BCUT2D eigenvalue weighted by molar-refractivity contribution is 6.66.